The standard InChI is InChI=1S/C20H17Br/c21-20-18-13-7-5-11-16(18)15-10-4-6-12-17(15)19(20)14-8-2-1-3-9-14/h1-4,6,8-10,12H,5,7,11,13H2. The Morgan fingerprint density at radius 2 is 1.29 bits per heavy atom. The highest BCUT2D eigenvalue weighted by molar-refractivity contribution is 9.10. The zero-order valence-corrected chi connectivity index (χ0v) is 13.5. The molecule has 1 aliphatic rings. The van der Waals surface area contributed by atoms with E-state index in [2.05, 4.69) is 70.5 Å². The first-order valence-electron chi connectivity index (χ1n) is 7.63. The topological polar surface area (TPSA) is 0 Å². The Kier molecular flexibility index (Phi) is 3.31. The molecule has 1 heteroatoms. The zero-order chi connectivity index (χ0) is 14.2. The fraction of sp³-hybridized carbons (Fsp3) is 0.200. The molecule has 0 aromatic heterocycles. The third-order valence-electron chi connectivity index (χ3n) is 4.54. The van der Waals surface area contributed by atoms with E-state index in [1.165, 1.54) is 57.6 Å². The van der Waals surface area contributed by atoms with Crippen LogP contribution in [0.5, 0.6) is 0 Å². The van der Waals surface area contributed by atoms with Gasteiger partial charge in [0.05, 0.1) is 0 Å². The summed E-state index contributed by atoms with van der Waals surface area (Å²) < 4.78 is 1.31. The summed E-state index contributed by atoms with van der Waals surface area (Å²) in [5, 5.41) is 2.81. The summed E-state index contributed by atoms with van der Waals surface area (Å²) >= 11 is 3.92. The normalized spacial score (nSPS) is 14.1. The minimum Gasteiger partial charge on any atom is -0.0622 e. The van der Waals surface area contributed by atoms with E-state index in [1.807, 2.05) is 0 Å². The van der Waals surface area contributed by atoms with Crippen molar-refractivity contribution in [3.8, 4) is 11.1 Å². The van der Waals surface area contributed by atoms with E-state index in [-0.39, 0.29) is 0 Å². The molecule has 1 aliphatic carbocycles. The zero-order valence-electron chi connectivity index (χ0n) is 11.9. The van der Waals surface area contributed by atoms with Gasteiger partial charge in [-0.2, -0.15) is 0 Å². The van der Waals surface area contributed by atoms with Crippen LogP contribution in [-0.4, -0.2) is 0 Å². The van der Waals surface area contributed by atoms with Crippen molar-refractivity contribution in [2.45, 2.75) is 25.7 Å². The molecule has 3 aromatic carbocycles. The van der Waals surface area contributed by atoms with Crippen molar-refractivity contribution in [2.24, 2.45) is 0 Å². The molecule has 0 bridgehead atoms. The van der Waals surface area contributed by atoms with Crippen LogP contribution in [0.15, 0.2) is 59.1 Å². The largest absolute Gasteiger partial charge is 0.0622 e. The van der Waals surface area contributed by atoms with Crippen molar-refractivity contribution in [3.05, 3.63) is 70.2 Å². The van der Waals surface area contributed by atoms with Gasteiger partial charge in [-0.15, -0.1) is 0 Å². The Labute approximate surface area is 133 Å². The lowest BCUT2D eigenvalue weighted by atomic mass is 9.84. The summed E-state index contributed by atoms with van der Waals surface area (Å²) in [5.41, 5.74) is 5.74. The predicted octanol–water partition coefficient (Wildman–Crippen LogP) is 6.15. The molecule has 21 heavy (non-hydrogen) atoms. The van der Waals surface area contributed by atoms with Gasteiger partial charge in [0, 0.05) is 10.0 Å². The molecule has 0 radical (unpaired) electrons. The van der Waals surface area contributed by atoms with Crippen molar-refractivity contribution < 1.29 is 0 Å². The molecular weight excluding hydrogens is 320 g/mol. The molecule has 0 fully saturated rings. The van der Waals surface area contributed by atoms with Crippen LogP contribution < -0.4 is 0 Å². The third-order valence-corrected chi connectivity index (χ3v) is 5.41. The van der Waals surface area contributed by atoms with E-state index in [0.29, 0.717) is 0 Å². The molecule has 0 N–H and O–H groups in total. The Hall–Kier alpha value is -1.60. The van der Waals surface area contributed by atoms with Crippen molar-refractivity contribution in [2.75, 3.05) is 0 Å². The average molecular weight is 337 g/mol. The lowest BCUT2D eigenvalue weighted by Gasteiger charge is -2.23. The first-order valence-corrected chi connectivity index (χ1v) is 8.43. The smallest absolute Gasteiger partial charge is 0.0294 e. The number of hydrogen-bond acceptors (Lipinski definition) is 0. The number of rotatable bonds is 1. The van der Waals surface area contributed by atoms with Crippen LogP contribution in [0, 0.1) is 0 Å². The fourth-order valence-corrected chi connectivity index (χ4v) is 4.45. The van der Waals surface area contributed by atoms with Crippen molar-refractivity contribution in [3.63, 3.8) is 0 Å². The van der Waals surface area contributed by atoms with Crippen LogP contribution in [0.2, 0.25) is 0 Å². The van der Waals surface area contributed by atoms with Gasteiger partial charge in [-0.05, 0) is 69.1 Å². The highest BCUT2D eigenvalue weighted by atomic mass is 79.9. The molecular formula is C20H17Br. The number of fused-ring (bicyclic) bond motifs is 3. The van der Waals surface area contributed by atoms with Crippen molar-refractivity contribution in [1.82, 2.24) is 0 Å². The Bertz CT molecular complexity index is 803. The molecule has 104 valence electrons. The second-order valence-corrected chi connectivity index (χ2v) is 6.56. The molecule has 0 spiro atoms. The lowest BCUT2D eigenvalue weighted by molar-refractivity contribution is 0.688. The maximum atomic E-state index is 3.92. The van der Waals surface area contributed by atoms with E-state index in [4.69, 9.17) is 0 Å². The van der Waals surface area contributed by atoms with Gasteiger partial charge >= 0.3 is 0 Å². The van der Waals surface area contributed by atoms with Crippen molar-refractivity contribution >= 4 is 26.7 Å². The van der Waals surface area contributed by atoms with Crippen LogP contribution in [0.3, 0.4) is 0 Å². The Morgan fingerprint density at radius 3 is 2.05 bits per heavy atom. The predicted molar refractivity (Wildman–Crippen MR) is 93.7 cm³/mol. The van der Waals surface area contributed by atoms with E-state index in [1.54, 1.807) is 5.56 Å². The van der Waals surface area contributed by atoms with Crippen LogP contribution in [0.1, 0.15) is 24.0 Å². The molecule has 0 amide bonds. The average Bonchev–Trinajstić information content (AvgIpc) is 2.56. The van der Waals surface area contributed by atoms with Gasteiger partial charge in [-0.3, -0.25) is 0 Å². The van der Waals surface area contributed by atoms with Gasteiger partial charge in [-0.1, -0.05) is 54.6 Å². The van der Waals surface area contributed by atoms with E-state index >= 15 is 0 Å². The second-order valence-electron chi connectivity index (χ2n) is 5.76. The molecule has 0 atom stereocenters. The summed E-state index contributed by atoms with van der Waals surface area (Å²) in [7, 11) is 0. The molecule has 3 aromatic rings. The first-order chi connectivity index (χ1) is 10.4. The van der Waals surface area contributed by atoms with Gasteiger partial charge < -0.3 is 0 Å². The van der Waals surface area contributed by atoms with Gasteiger partial charge in [0.2, 0.25) is 0 Å². The van der Waals surface area contributed by atoms with Crippen LogP contribution in [-0.2, 0) is 12.8 Å². The minimum atomic E-state index is 1.20. The highest BCUT2D eigenvalue weighted by Crippen LogP contribution is 2.43. The minimum absolute atomic E-state index is 1.20. The van der Waals surface area contributed by atoms with Crippen LogP contribution in [0.25, 0.3) is 21.9 Å². The molecule has 0 unspecified atom stereocenters. The summed E-state index contributed by atoms with van der Waals surface area (Å²) in [6, 6.07) is 19.6. The maximum absolute atomic E-state index is 3.92. The van der Waals surface area contributed by atoms with E-state index in [0.717, 1.165) is 0 Å². The summed E-state index contributed by atoms with van der Waals surface area (Å²) in [6.45, 7) is 0. The molecule has 4 rings (SSSR count). The van der Waals surface area contributed by atoms with Gasteiger partial charge in [0.1, 0.15) is 0 Å². The number of aryl methyl sites for hydroxylation is 1. The molecule has 0 heterocycles. The lowest BCUT2D eigenvalue weighted by Crippen LogP contribution is -2.05. The number of halogens is 1. The van der Waals surface area contributed by atoms with Gasteiger partial charge in [0.25, 0.3) is 0 Å². The van der Waals surface area contributed by atoms with Gasteiger partial charge in [-0.25, -0.2) is 0 Å². The summed E-state index contributed by atoms with van der Waals surface area (Å²) in [5.74, 6) is 0. The monoisotopic (exact) mass is 336 g/mol. The SMILES string of the molecule is Brc1c2c(c3ccccc3c1-c1ccccc1)CCCC2. The summed E-state index contributed by atoms with van der Waals surface area (Å²) in [6.07, 6.45) is 5.02. The van der Waals surface area contributed by atoms with E-state index < -0.39 is 0 Å². The highest BCUT2D eigenvalue weighted by Gasteiger charge is 2.20. The molecule has 0 saturated heterocycles. The van der Waals surface area contributed by atoms with Crippen LogP contribution in [0.4, 0.5) is 0 Å². The number of hydrogen-bond donors (Lipinski definition) is 0. The number of benzene rings is 3. The second kappa shape index (κ2) is 5.31. The molecule has 0 aliphatic heterocycles. The molecule has 0 nitrogen and oxygen atoms in total. The fourth-order valence-electron chi connectivity index (χ4n) is 3.57. The quantitative estimate of drug-likeness (QED) is 0.500. The van der Waals surface area contributed by atoms with E-state index in [9.17, 15) is 0 Å². The first kappa shape index (κ1) is 13.1. The van der Waals surface area contributed by atoms with Crippen LogP contribution >= 0.6 is 15.9 Å². The van der Waals surface area contributed by atoms with Gasteiger partial charge in [0.15, 0.2) is 0 Å². The Morgan fingerprint density at radius 1 is 0.667 bits per heavy atom. The van der Waals surface area contributed by atoms with Crippen molar-refractivity contribution in [1.29, 1.82) is 0 Å². The maximum Gasteiger partial charge on any atom is 0.0294 e. The third kappa shape index (κ3) is 2.11. The Balaban J connectivity index is 2.13. The molecule has 0 saturated carbocycles. The summed E-state index contributed by atoms with van der Waals surface area (Å²) in [4.78, 5) is 0.